The second-order valence-electron chi connectivity index (χ2n) is 5.13. The molecule has 0 spiro atoms. The fourth-order valence-corrected chi connectivity index (χ4v) is 2.46. The summed E-state index contributed by atoms with van der Waals surface area (Å²) in [6, 6.07) is 10.3. The molecular formula is C15H22N2O. The largest absolute Gasteiger partial charge is 0.335 e. The van der Waals surface area contributed by atoms with Crippen LogP contribution in [-0.4, -0.2) is 23.9 Å². The number of carbonyl (C=O) groups is 1. The Morgan fingerprint density at radius 1 is 1.39 bits per heavy atom. The minimum absolute atomic E-state index is 0.0539. The normalized spacial score (nSPS) is 17.0. The Morgan fingerprint density at radius 3 is 2.56 bits per heavy atom. The van der Waals surface area contributed by atoms with Gasteiger partial charge < -0.3 is 10.6 Å². The van der Waals surface area contributed by atoms with Gasteiger partial charge in [-0.05, 0) is 31.2 Å². The first kappa shape index (κ1) is 13.1. The van der Waals surface area contributed by atoms with E-state index in [0.717, 1.165) is 6.54 Å². The molecular weight excluding hydrogens is 224 g/mol. The molecule has 1 aliphatic carbocycles. The van der Waals surface area contributed by atoms with Crippen molar-refractivity contribution in [3.63, 3.8) is 0 Å². The van der Waals surface area contributed by atoms with Crippen LogP contribution in [0.15, 0.2) is 30.3 Å². The molecule has 1 atom stereocenters. The molecule has 2 rings (SSSR count). The Hall–Kier alpha value is -1.35. The van der Waals surface area contributed by atoms with Gasteiger partial charge in [0.1, 0.15) is 0 Å². The number of amides is 1. The van der Waals surface area contributed by atoms with E-state index >= 15 is 0 Å². The third-order valence-electron chi connectivity index (χ3n) is 3.92. The number of nitrogens with two attached hydrogens (primary N) is 1. The van der Waals surface area contributed by atoms with Crippen molar-refractivity contribution in [1.29, 1.82) is 0 Å². The lowest BCUT2D eigenvalue weighted by Gasteiger charge is -2.36. The lowest BCUT2D eigenvalue weighted by Crippen LogP contribution is -2.42. The molecule has 0 heterocycles. The fraction of sp³-hybridized carbons (Fsp3) is 0.533. The van der Waals surface area contributed by atoms with Crippen molar-refractivity contribution in [3.8, 4) is 0 Å². The van der Waals surface area contributed by atoms with E-state index < -0.39 is 0 Å². The van der Waals surface area contributed by atoms with Gasteiger partial charge in [0, 0.05) is 6.54 Å². The van der Waals surface area contributed by atoms with Gasteiger partial charge in [0.05, 0.1) is 12.6 Å². The van der Waals surface area contributed by atoms with Crippen LogP contribution in [0.4, 0.5) is 0 Å². The van der Waals surface area contributed by atoms with Gasteiger partial charge in [-0.1, -0.05) is 36.8 Å². The standard InChI is InChI=1S/C15H22N2O/c1-12(14-8-3-2-4-9-14)17(15(18)10-16)11-13-6-5-7-13/h2-4,8-9,12-13H,5-7,10-11,16H2,1H3. The molecule has 0 radical (unpaired) electrons. The number of nitrogens with zero attached hydrogens (tertiary/aromatic N) is 1. The van der Waals surface area contributed by atoms with Crippen LogP contribution < -0.4 is 5.73 Å². The van der Waals surface area contributed by atoms with Gasteiger partial charge in [-0.2, -0.15) is 0 Å². The molecule has 98 valence electrons. The zero-order chi connectivity index (χ0) is 13.0. The van der Waals surface area contributed by atoms with Crippen LogP contribution in [-0.2, 0) is 4.79 Å². The van der Waals surface area contributed by atoms with Crippen molar-refractivity contribution < 1.29 is 4.79 Å². The fourth-order valence-electron chi connectivity index (χ4n) is 2.46. The maximum Gasteiger partial charge on any atom is 0.236 e. The molecule has 1 amide bonds. The molecule has 0 bridgehead atoms. The van der Waals surface area contributed by atoms with Crippen molar-refractivity contribution >= 4 is 5.91 Å². The van der Waals surface area contributed by atoms with E-state index in [2.05, 4.69) is 19.1 Å². The number of carbonyl (C=O) groups excluding carboxylic acids is 1. The van der Waals surface area contributed by atoms with Crippen LogP contribution in [0.3, 0.4) is 0 Å². The Balaban J connectivity index is 2.09. The summed E-state index contributed by atoms with van der Waals surface area (Å²) in [5, 5.41) is 0. The number of benzene rings is 1. The molecule has 1 saturated carbocycles. The summed E-state index contributed by atoms with van der Waals surface area (Å²) in [6.45, 7) is 3.04. The van der Waals surface area contributed by atoms with E-state index in [4.69, 9.17) is 5.73 Å². The van der Waals surface area contributed by atoms with Gasteiger partial charge in [-0.3, -0.25) is 4.79 Å². The predicted molar refractivity (Wildman–Crippen MR) is 73.0 cm³/mol. The Kier molecular flexibility index (Phi) is 4.37. The summed E-state index contributed by atoms with van der Waals surface area (Å²) in [6.07, 6.45) is 3.79. The first-order valence-electron chi connectivity index (χ1n) is 6.77. The molecule has 0 aromatic heterocycles. The summed E-state index contributed by atoms with van der Waals surface area (Å²) in [7, 11) is 0. The molecule has 3 nitrogen and oxygen atoms in total. The van der Waals surface area contributed by atoms with Crippen LogP contribution in [0.25, 0.3) is 0 Å². The second kappa shape index (κ2) is 6.01. The predicted octanol–water partition coefficient (Wildman–Crippen LogP) is 2.33. The molecule has 0 saturated heterocycles. The molecule has 2 N–H and O–H groups in total. The summed E-state index contributed by atoms with van der Waals surface area (Å²) in [5.74, 6) is 0.727. The number of hydrogen-bond donors (Lipinski definition) is 1. The van der Waals surface area contributed by atoms with Crippen molar-refractivity contribution in [2.24, 2.45) is 11.7 Å². The Bertz CT molecular complexity index is 387. The minimum atomic E-state index is 0.0539. The van der Waals surface area contributed by atoms with Crippen LogP contribution in [0, 0.1) is 5.92 Å². The number of hydrogen-bond acceptors (Lipinski definition) is 2. The smallest absolute Gasteiger partial charge is 0.236 e. The number of rotatable bonds is 5. The Morgan fingerprint density at radius 2 is 2.06 bits per heavy atom. The monoisotopic (exact) mass is 246 g/mol. The molecule has 18 heavy (non-hydrogen) atoms. The van der Waals surface area contributed by atoms with Crippen molar-refractivity contribution in [1.82, 2.24) is 4.90 Å². The van der Waals surface area contributed by atoms with Crippen molar-refractivity contribution in [3.05, 3.63) is 35.9 Å². The van der Waals surface area contributed by atoms with E-state index in [0.29, 0.717) is 5.92 Å². The average Bonchev–Trinajstić information content (AvgIpc) is 2.37. The van der Waals surface area contributed by atoms with Gasteiger partial charge in [0.25, 0.3) is 0 Å². The lowest BCUT2D eigenvalue weighted by molar-refractivity contribution is -0.133. The summed E-state index contributed by atoms with van der Waals surface area (Å²) >= 11 is 0. The van der Waals surface area contributed by atoms with Gasteiger partial charge in [-0.15, -0.1) is 0 Å². The van der Waals surface area contributed by atoms with Crippen LogP contribution in [0.1, 0.15) is 37.8 Å². The summed E-state index contributed by atoms with van der Waals surface area (Å²) in [4.78, 5) is 13.9. The molecule has 1 aromatic carbocycles. The second-order valence-corrected chi connectivity index (χ2v) is 5.13. The highest BCUT2D eigenvalue weighted by Crippen LogP contribution is 2.30. The molecule has 1 unspecified atom stereocenters. The minimum Gasteiger partial charge on any atom is -0.335 e. The third kappa shape index (κ3) is 2.91. The van der Waals surface area contributed by atoms with Crippen LogP contribution >= 0.6 is 0 Å². The van der Waals surface area contributed by atoms with E-state index in [9.17, 15) is 4.79 Å². The quantitative estimate of drug-likeness (QED) is 0.866. The summed E-state index contributed by atoms with van der Waals surface area (Å²) in [5.41, 5.74) is 6.71. The SMILES string of the molecule is CC(c1ccccc1)N(CC1CCC1)C(=O)CN. The zero-order valence-electron chi connectivity index (χ0n) is 11.0. The van der Waals surface area contributed by atoms with Crippen LogP contribution in [0.5, 0.6) is 0 Å². The van der Waals surface area contributed by atoms with E-state index in [-0.39, 0.29) is 18.5 Å². The summed E-state index contributed by atoms with van der Waals surface area (Å²) < 4.78 is 0. The van der Waals surface area contributed by atoms with Crippen molar-refractivity contribution in [2.75, 3.05) is 13.1 Å². The molecule has 0 aliphatic heterocycles. The van der Waals surface area contributed by atoms with Gasteiger partial charge >= 0.3 is 0 Å². The molecule has 1 fully saturated rings. The third-order valence-corrected chi connectivity index (χ3v) is 3.92. The van der Waals surface area contributed by atoms with E-state index in [1.54, 1.807) is 0 Å². The molecule has 1 aliphatic rings. The lowest BCUT2D eigenvalue weighted by atomic mass is 9.84. The highest BCUT2D eigenvalue weighted by atomic mass is 16.2. The van der Waals surface area contributed by atoms with Crippen molar-refractivity contribution in [2.45, 2.75) is 32.2 Å². The first-order chi connectivity index (χ1) is 8.72. The van der Waals surface area contributed by atoms with Gasteiger partial charge in [0.2, 0.25) is 5.91 Å². The maximum absolute atomic E-state index is 12.0. The van der Waals surface area contributed by atoms with E-state index in [1.165, 1.54) is 24.8 Å². The zero-order valence-corrected chi connectivity index (χ0v) is 11.0. The Labute approximate surface area is 109 Å². The average molecular weight is 246 g/mol. The maximum atomic E-state index is 12.0. The van der Waals surface area contributed by atoms with E-state index in [1.807, 2.05) is 23.1 Å². The molecule has 3 heteroatoms. The van der Waals surface area contributed by atoms with Gasteiger partial charge in [-0.25, -0.2) is 0 Å². The van der Waals surface area contributed by atoms with Crippen LogP contribution in [0.2, 0.25) is 0 Å². The first-order valence-corrected chi connectivity index (χ1v) is 6.77. The van der Waals surface area contributed by atoms with Gasteiger partial charge in [0.15, 0.2) is 0 Å². The highest BCUT2D eigenvalue weighted by molar-refractivity contribution is 5.78. The topological polar surface area (TPSA) is 46.3 Å². The molecule has 1 aromatic rings. The highest BCUT2D eigenvalue weighted by Gasteiger charge is 2.26.